The molecule has 2 aromatic rings. The van der Waals surface area contributed by atoms with Gasteiger partial charge >= 0.3 is 0 Å². The van der Waals surface area contributed by atoms with Crippen molar-refractivity contribution in [2.24, 2.45) is 10.9 Å². The molecule has 0 radical (unpaired) electrons. The average Bonchev–Trinajstić information content (AvgIpc) is 3.29. The first-order valence-electron chi connectivity index (χ1n) is 11.1. The minimum Gasteiger partial charge on any atom is -0.495 e. The highest BCUT2D eigenvalue weighted by atomic mass is 16.5. The third kappa shape index (κ3) is 6.15. The lowest BCUT2D eigenvalue weighted by molar-refractivity contribution is 0.0827. The van der Waals surface area contributed by atoms with Crippen molar-refractivity contribution < 1.29 is 9.53 Å². The number of carbonyl (C=O) groups is 1. The largest absolute Gasteiger partial charge is 0.495 e. The number of anilines is 1. The summed E-state index contributed by atoms with van der Waals surface area (Å²) in [4.78, 5) is 20.5. The highest BCUT2D eigenvalue weighted by Gasteiger charge is 2.24. The lowest BCUT2D eigenvalue weighted by Crippen LogP contribution is -2.41. The number of hydrogen-bond donors (Lipinski definition) is 2. The van der Waals surface area contributed by atoms with Gasteiger partial charge in [0.05, 0.1) is 12.8 Å². The van der Waals surface area contributed by atoms with E-state index in [1.807, 2.05) is 30.3 Å². The Balaban J connectivity index is 1.44. The number of nitrogens with one attached hydrogen (secondary N) is 2. The first-order valence-corrected chi connectivity index (χ1v) is 11.1. The van der Waals surface area contributed by atoms with E-state index < -0.39 is 0 Å². The van der Waals surface area contributed by atoms with Crippen LogP contribution in [0.5, 0.6) is 5.75 Å². The van der Waals surface area contributed by atoms with Gasteiger partial charge in [0.15, 0.2) is 5.96 Å². The van der Waals surface area contributed by atoms with E-state index in [0.29, 0.717) is 5.92 Å². The summed E-state index contributed by atoms with van der Waals surface area (Å²) in [6.07, 6.45) is 1.95. The van der Waals surface area contributed by atoms with Crippen LogP contribution in [0, 0.1) is 5.92 Å². The van der Waals surface area contributed by atoms with Gasteiger partial charge in [-0.15, -0.1) is 0 Å². The van der Waals surface area contributed by atoms with Crippen molar-refractivity contribution in [2.75, 3.05) is 59.3 Å². The normalized spacial score (nSPS) is 16.1. The molecule has 0 saturated carbocycles. The Hall–Kier alpha value is -3.22. The van der Waals surface area contributed by atoms with E-state index in [1.54, 1.807) is 33.2 Å². The van der Waals surface area contributed by atoms with Crippen molar-refractivity contribution in [1.82, 2.24) is 15.5 Å². The van der Waals surface area contributed by atoms with E-state index in [1.165, 1.54) is 0 Å². The zero-order valence-corrected chi connectivity index (χ0v) is 19.6. The van der Waals surface area contributed by atoms with Crippen LogP contribution in [0.1, 0.15) is 22.3 Å². The molecule has 1 aliphatic heterocycles. The van der Waals surface area contributed by atoms with Crippen molar-refractivity contribution in [3.63, 3.8) is 0 Å². The maximum absolute atomic E-state index is 12.2. The third-order valence-corrected chi connectivity index (χ3v) is 5.78. The van der Waals surface area contributed by atoms with Crippen LogP contribution in [0.3, 0.4) is 0 Å². The van der Waals surface area contributed by atoms with Crippen molar-refractivity contribution in [3.8, 4) is 5.75 Å². The molecule has 1 unspecified atom stereocenters. The zero-order chi connectivity index (χ0) is 22.9. The third-order valence-electron chi connectivity index (χ3n) is 5.78. The number of ether oxygens (including phenoxy) is 1. The smallest absolute Gasteiger partial charge is 0.253 e. The number of para-hydroxylation sites is 2. The molecule has 2 aromatic carbocycles. The fourth-order valence-electron chi connectivity index (χ4n) is 4.01. The summed E-state index contributed by atoms with van der Waals surface area (Å²) < 4.78 is 5.51. The van der Waals surface area contributed by atoms with E-state index in [-0.39, 0.29) is 5.91 Å². The SMILES string of the molecule is CN=C(NCCc1cccc(C(=O)N(C)C)c1)NCC1CCN(c2ccccc2OC)C1. The minimum absolute atomic E-state index is 0.0241. The number of nitrogens with zero attached hydrogens (tertiary/aromatic N) is 3. The highest BCUT2D eigenvalue weighted by molar-refractivity contribution is 5.94. The highest BCUT2D eigenvalue weighted by Crippen LogP contribution is 2.31. The number of rotatable bonds is 8. The first kappa shape index (κ1) is 23.4. The van der Waals surface area contributed by atoms with Gasteiger partial charge in [0.25, 0.3) is 5.91 Å². The van der Waals surface area contributed by atoms with E-state index in [9.17, 15) is 4.79 Å². The molecule has 0 bridgehead atoms. The second-order valence-corrected chi connectivity index (χ2v) is 8.30. The summed E-state index contributed by atoms with van der Waals surface area (Å²) >= 11 is 0. The number of amides is 1. The first-order chi connectivity index (χ1) is 15.5. The molecular weight excluding hydrogens is 402 g/mol. The standard InChI is InChI=1S/C25H35N5O2/c1-26-25(27-14-12-19-8-7-9-21(16-19)24(31)29(2)3)28-17-20-13-15-30(18-20)22-10-5-6-11-23(22)32-4/h5-11,16,20H,12-15,17-18H2,1-4H3,(H2,26,27,28). The molecule has 32 heavy (non-hydrogen) atoms. The second kappa shape index (κ2) is 11.4. The Morgan fingerprint density at radius 2 is 2.00 bits per heavy atom. The van der Waals surface area contributed by atoms with Gasteiger partial charge in [0, 0.05) is 52.9 Å². The molecule has 0 aliphatic carbocycles. The maximum atomic E-state index is 12.2. The van der Waals surface area contributed by atoms with Crippen LogP contribution in [0.25, 0.3) is 0 Å². The van der Waals surface area contributed by atoms with Crippen molar-refractivity contribution >= 4 is 17.6 Å². The van der Waals surface area contributed by atoms with Crippen LogP contribution in [0.2, 0.25) is 0 Å². The Kier molecular flexibility index (Phi) is 8.36. The van der Waals surface area contributed by atoms with Gasteiger partial charge < -0.3 is 25.2 Å². The van der Waals surface area contributed by atoms with Crippen LogP contribution < -0.4 is 20.3 Å². The van der Waals surface area contributed by atoms with Gasteiger partial charge in [0.2, 0.25) is 0 Å². The molecule has 0 spiro atoms. The summed E-state index contributed by atoms with van der Waals surface area (Å²) in [5.74, 6) is 2.31. The number of aliphatic imine (C=N–C) groups is 1. The van der Waals surface area contributed by atoms with Crippen molar-refractivity contribution in [1.29, 1.82) is 0 Å². The van der Waals surface area contributed by atoms with Gasteiger partial charge in [-0.05, 0) is 48.6 Å². The predicted octanol–water partition coefficient (Wildman–Crippen LogP) is 2.63. The van der Waals surface area contributed by atoms with E-state index in [0.717, 1.165) is 67.5 Å². The van der Waals surface area contributed by atoms with Crippen LogP contribution in [0.4, 0.5) is 5.69 Å². The van der Waals surface area contributed by atoms with Crippen molar-refractivity contribution in [3.05, 3.63) is 59.7 Å². The molecule has 1 fully saturated rings. The minimum atomic E-state index is 0.0241. The van der Waals surface area contributed by atoms with Crippen molar-refractivity contribution in [2.45, 2.75) is 12.8 Å². The van der Waals surface area contributed by atoms with Gasteiger partial charge in [-0.2, -0.15) is 0 Å². The quantitative estimate of drug-likeness (QED) is 0.491. The summed E-state index contributed by atoms with van der Waals surface area (Å²) in [5, 5.41) is 6.85. The molecule has 3 rings (SSSR count). The van der Waals surface area contributed by atoms with Crippen LogP contribution >= 0.6 is 0 Å². The molecule has 0 aromatic heterocycles. The average molecular weight is 438 g/mol. The van der Waals surface area contributed by atoms with Gasteiger partial charge in [0.1, 0.15) is 5.75 Å². The summed E-state index contributed by atoms with van der Waals surface area (Å²) in [5.41, 5.74) is 3.01. The Morgan fingerprint density at radius 3 is 2.75 bits per heavy atom. The van der Waals surface area contributed by atoms with Crippen LogP contribution in [0.15, 0.2) is 53.5 Å². The number of benzene rings is 2. The lowest BCUT2D eigenvalue weighted by Gasteiger charge is -2.21. The fraction of sp³-hybridized carbons (Fsp3) is 0.440. The number of hydrogen-bond acceptors (Lipinski definition) is 4. The van der Waals surface area contributed by atoms with E-state index in [2.05, 4.69) is 38.7 Å². The number of carbonyl (C=O) groups excluding carboxylic acids is 1. The van der Waals surface area contributed by atoms with Crippen LogP contribution in [-0.4, -0.2) is 71.2 Å². The monoisotopic (exact) mass is 437 g/mol. The summed E-state index contributed by atoms with van der Waals surface area (Å²) in [6, 6.07) is 16.0. The summed E-state index contributed by atoms with van der Waals surface area (Å²) in [6.45, 7) is 3.65. The Labute approximate surface area is 191 Å². The molecule has 1 amide bonds. The van der Waals surface area contributed by atoms with Gasteiger partial charge in [-0.1, -0.05) is 24.3 Å². The zero-order valence-electron chi connectivity index (χ0n) is 19.6. The molecule has 2 N–H and O–H groups in total. The number of guanidine groups is 1. The molecule has 1 saturated heterocycles. The van der Waals surface area contributed by atoms with Crippen LogP contribution in [-0.2, 0) is 6.42 Å². The van der Waals surface area contributed by atoms with Gasteiger partial charge in [-0.3, -0.25) is 9.79 Å². The fourth-order valence-corrected chi connectivity index (χ4v) is 4.01. The van der Waals surface area contributed by atoms with E-state index in [4.69, 9.17) is 4.74 Å². The molecule has 7 nitrogen and oxygen atoms in total. The molecule has 1 aliphatic rings. The number of methoxy groups -OCH3 is 1. The molecule has 1 heterocycles. The Bertz CT molecular complexity index is 928. The predicted molar refractivity (Wildman–Crippen MR) is 131 cm³/mol. The summed E-state index contributed by atoms with van der Waals surface area (Å²) in [7, 11) is 7.06. The Morgan fingerprint density at radius 1 is 1.19 bits per heavy atom. The topological polar surface area (TPSA) is 69.2 Å². The molecule has 172 valence electrons. The molecular formula is C25H35N5O2. The lowest BCUT2D eigenvalue weighted by atomic mass is 10.1. The molecule has 7 heteroatoms. The molecule has 1 atom stereocenters. The van der Waals surface area contributed by atoms with E-state index >= 15 is 0 Å². The second-order valence-electron chi connectivity index (χ2n) is 8.30. The maximum Gasteiger partial charge on any atom is 0.253 e. The van der Waals surface area contributed by atoms with Gasteiger partial charge in [-0.25, -0.2) is 0 Å².